The largest absolute Gasteiger partial charge is 0.458 e. The molecule has 0 radical (unpaired) electrons. The number of nitrogens with zero attached hydrogens (tertiary/aromatic N) is 2. The average molecular weight is 385 g/mol. The number of carbonyl (C=O) groups is 1. The molecule has 142 valence electrons. The molecule has 27 heavy (non-hydrogen) atoms. The van der Waals surface area contributed by atoms with E-state index in [1.807, 2.05) is 23.6 Å². The maximum atomic E-state index is 12.0. The first kappa shape index (κ1) is 17.9. The summed E-state index contributed by atoms with van der Waals surface area (Å²) in [7, 11) is 0. The number of thiophene rings is 1. The van der Waals surface area contributed by atoms with Crippen molar-refractivity contribution in [3.63, 3.8) is 0 Å². The van der Waals surface area contributed by atoms with Crippen molar-refractivity contribution in [2.75, 3.05) is 44.2 Å². The first-order chi connectivity index (χ1) is 13.2. The Bertz CT molecular complexity index is 827. The zero-order valence-electron chi connectivity index (χ0n) is 15.3. The van der Waals surface area contributed by atoms with Crippen molar-refractivity contribution in [2.45, 2.75) is 6.92 Å². The van der Waals surface area contributed by atoms with Crippen LogP contribution in [0.15, 0.2) is 42.2 Å². The Morgan fingerprint density at radius 2 is 2.00 bits per heavy atom. The molecule has 2 aliphatic heterocycles. The van der Waals surface area contributed by atoms with Crippen LogP contribution in [-0.2, 0) is 0 Å². The molecule has 1 saturated heterocycles. The molecule has 1 aromatic heterocycles. The maximum Gasteiger partial charge on any atom is 0.261 e. The van der Waals surface area contributed by atoms with Gasteiger partial charge in [-0.05, 0) is 36.1 Å². The molecule has 0 unspecified atom stereocenters. The zero-order chi connectivity index (χ0) is 18.6. The summed E-state index contributed by atoms with van der Waals surface area (Å²) in [6, 6.07) is 7.89. The Labute approximate surface area is 163 Å². The highest BCUT2D eigenvalue weighted by atomic mass is 32.1. The number of benzene rings is 1. The van der Waals surface area contributed by atoms with Gasteiger partial charge in [-0.15, -0.1) is 11.3 Å². The van der Waals surface area contributed by atoms with Crippen LogP contribution in [0.1, 0.15) is 15.2 Å². The maximum absolute atomic E-state index is 12.0. The number of nitrogens with one attached hydrogen (secondary N) is 1. The van der Waals surface area contributed by atoms with Crippen LogP contribution in [0.4, 0.5) is 5.69 Å². The second-order valence-corrected chi connectivity index (χ2v) is 7.63. The third-order valence-electron chi connectivity index (χ3n) is 4.79. The highest BCUT2D eigenvalue weighted by Gasteiger charge is 2.23. The molecule has 2 aromatic rings. The predicted octanol–water partition coefficient (Wildman–Crippen LogP) is 2.85. The molecule has 1 aromatic carbocycles. The number of amides is 1. The minimum Gasteiger partial charge on any atom is -0.458 e. The van der Waals surface area contributed by atoms with E-state index in [2.05, 4.69) is 28.1 Å². The second-order valence-electron chi connectivity index (χ2n) is 6.68. The van der Waals surface area contributed by atoms with Crippen molar-refractivity contribution >= 4 is 22.9 Å². The first-order valence-corrected chi connectivity index (χ1v) is 10.0. The van der Waals surface area contributed by atoms with Crippen LogP contribution in [-0.4, -0.2) is 50.1 Å². The fourth-order valence-corrected chi connectivity index (χ4v) is 4.03. The highest BCUT2D eigenvalue weighted by molar-refractivity contribution is 7.12. The van der Waals surface area contributed by atoms with Gasteiger partial charge in [0.1, 0.15) is 12.5 Å². The smallest absolute Gasteiger partial charge is 0.261 e. The molecule has 0 spiro atoms. The highest BCUT2D eigenvalue weighted by Crippen LogP contribution is 2.41. The van der Waals surface area contributed by atoms with Crippen molar-refractivity contribution in [3.8, 4) is 11.5 Å². The van der Waals surface area contributed by atoms with E-state index in [1.165, 1.54) is 11.3 Å². The molecule has 7 heteroatoms. The van der Waals surface area contributed by atoms with E-state index in [9.17, 15) is 4.79 Å². The van der Waals surface area contributed by atoms with Crippen molar-refractivity contribution in [3.05, 3.63) is 52.6 Å². The number of fused-ring (bicyclic) bond motifs is 1. The van der Waals surface area contributed by atoms with Gasteiger partial charge in [-0.3, -0.25) is 9.69 Å². The van der Waals surface area contributed by atoms with Gasteiger partial charge in [-0.2, -0.15) is 0 Å². The van der Waals surface area contributed by atoms with Crippen LogP contribution in [0.5, 0.6) is 11.5 Å². The minimum atomic E-state index is 0.0141. The predicted molar refractivity (Wildman–Crippen MR) is 107 cm³/mol. The van der Waals surface area contributed by atoms with Crippen molar-refractivity contribution < 1.29 is 14.3 Å². The van der Waals surface area contributed by atoms with E-state index < -0.39 is 0 Å². The number of piperazine rings is 1. The van der Waals surface area contributed by atoms with E-state index in [1.54, 1.807) is 12.5 Å². The fourth-order valence-electron chi connectivity index (χ4n) is 3.39. The van der Waals surface area contributed by atoms with Crippen molar-refractivity contribution in [1.29, 1.82) is 0 Å². The van der Waals surface area contributed by atoms with Crippen LogP contribution in [0.3, 0.4) is 0 Å². The van der Waals surface area contributed by atoms with E-state index in [-0.39, 0.29) is 5.91 Å². The molecule has 1 amide bonds. The number of aryl methyl sites for hydroxylation is 1. The van der Waals surface area contributed by atoms with E-state index in [4.69, 9.17) is 9.47 Å². The van der Waals surface area contributed by atoms with Gasteiger partial charge in [0.2, 0.25) is 0 Å². The summed E-state index contributed by atoms with van der Waals surface area (Å²) in [5, 5.41) is 4.92. The molecule has 1 fully saturated rings. The van der Waals surface area contributed by atoms with Crippen LogP contribution in [0, 0.1) is 6.92 Å². The quantitative estimate of drug-likeness (QED) is 0.858. The molecule has 3 heterocycles. The zero-order valence-corrected chi connectivity index (χ0v) is 16.1. The third-order valence-corrected chi connectivity index (χ3v) is 5.66. The Morgan fingerprint density at radius 1 is 1.19 bits per heavy atom. The monoisotopic (exact) mass is 385 g/mol. The molecule has 0 aliphatic carbocycles. The van der Waals surface area contributed by atoms with Gasteiger partial charge in [0.05, 0.1) is 10.6 Å². The molecule has 6 nitrogen and oxygen atoms in total. The van der Waals surface area contributed by atoms with Gasteiger partial charge < -0.3 is 19.7 Å². The topological polar surface area (TPSA) is 54.0 Å². The van der Waals surface area contributed by atoms with Gasteiger partial charge in [-0.1, -0.05) is 6.07 Å². The lowest BCUT2D eigenvalue weighted by atomic mass is 10.1. The Kier molecular flexibility index (Phi) is 5.31. The number of hydrogen-bond acceptors (Lipinski definition) is 6. The molecular weight excluding hydrogens is 362 g/mol. The van der Waals surface area contributed by atoms with Gasteiger partial charge in [-0.25, -0.2) is 0 Å². The van der Waals surface area contributed by atoms with Crippen molar-refractivity contribution in [2.24, 2.45) is 0 Å². The fraction of sp³-hybridized carbons (Fsp3) is 0.350. The molecule has 0 bridgehead atoms. The summed E-state index contributed by atoms with van der Waals surface area (Å²) < 4.78 is 11.3. The Morgan fingerprint density at radius 3 is 2.78 bits per heavy atom. The number of rotatable bonds is 5. The molecule has 1 N–H and O–H groups in total. The summed E-state index contributed by atoms with van der Waals surface area (Å²) in [6.07, 6.45) is 3.14. The summed E-state index contributed by atoms with van der Waals surface area (Å²) >= 11 is 1.47. The van der Waals surface area contributed by atoms with Gasteiger partial charge in [0, 0.05) is 39.3 Å². The molecule has 0 saturated carbocycles. The molecule has 2 aliphatic rings. The van der Waals surface area contributed by atoms with Crippen LogP contribution in [0.25, 0.3) is 0 Å². The number of hydrogen-bond donors (Lipinski definition) is 1. The lowest BCUT2D eigenvalue weighted by Crippen LogP contribution is -2.48. The van der Waals surface area contributed by atoms with E-state index >= 15 is 0 Å². The van der Waals surface area contributed by atoms with Crippen molar-refractivity contribution in [1.82, 2.24) is 10.2 Å². The number of carbonyl (C=O) groups excluding carboxylic acids is 1. The van der Waals surface area contributed by atoms with Gasteiger partial charge >= 0.3 is 0 Å². The summed E-state index contributed by atoms with van der Waals surface area (Å²) in [5.74, 6) is 1.58. The van der Waals surface area contributed by atoms with Crippen LogP contribution >= 0.6 is 11.3 Å². The average Bonchev–Trinajstić information content (AvgIpc) is 3.23. The SMILES string of the molecule is Cc1cc2c(c(N3CCN(CCNC(=O)c4cccs4)CC3)c1)OC=CO2. The number of ether oxygens (including phenoxy) is 2. The lowest BCUT2D eigenvalue weighted by molar-refractivity contribution is 0.0952. The standard InChI is InChI=1S/C20H23N3O3S/c1-15-13-16(19-17(14-15)25-10-11-26-19)23-8-6-22(7-9-23)5-4-21-20(24)18-3-2-12-27-18/h2-3,10-14H,4-9H2,1H3,(H,21,24). The second kappa shape index (κ2) is 8.02. The number of anilines is 1. The third kappa shape index (κ3) is 4.09. The minimum absolute atomic E-state index is 0.0141. The Hall–Kier alpha value is -2.51. The normalized spacial score (nSPS) is 16.4. The summed E-state index contributed by atoms with van der Waals surface area (Å²) in [5.41, 5.74) is 2.24. The van der Waals surface area contributed by atoms with Crippen LogP contribution in [0.2, 0.25) is 0 Å². The molecule has 0 atom stereocenters. The molecular formula is C20H23N3O3S. The van der Waals surface area contributed by atoms with E-state index in [0.29, 0.717) is 6.54 Å². The lowest BCUT2D eigenvalue weighted by Gasteiger charge is -2.37. The summed E-state index contributed by atoms with van der Waals surface area (Å²) in [6.45, 7) is 7.34. The van der Waals surface area contributed by atoms with Crippen LogP contribution < -0.4 is 19.7 Å². The summed E-state index contributed by atoms with van der Waals surface area (Å²) in [4.78, 5) is 17.5. The van der Waals surface area contributed by atoms with E-state index in [0.717, 1.165) is 60.4 Å². The molecule has 4 rings (SSSR count). The van der Waals surface area contributed by atoms with Gasteiger partial charge in [0.25, 0.3) is 5.91 Å². The van der Waals surface area contributed by atoms with Gasteiger partial charge in [0.15, 0.2) is 11.5 Å². The first-order valence-electron chi connectivity index (χ1n) is 9.13. The Balaban J connectivity index is 1.30.